The van der Waals surface area contributed by atoms with Gasteiger partial charge in [0.15, 0.2) is 0 Å². The van der Waals surface area contributed by atoms with Crippen molar-refractivity contribution in [3.05, 3.63) is 35.9 Å². The Kier molecular flexibility index (Phi) is 5.66. The summed E-state index contributed by atoms with van der Waals surface area (Å²) in [5, 5.41) is 3.26. The average molecular weight is 234 g/mol. The van der Waals surface area contributed by atoms with Crippen LogP contribution >= 0.6 is 0 Å². The Hall–Kier alpha value is -0.860. The Morgan fingerprint density at radius 3 is 2.41 bits per heavy atom. The number of hydrogen-bond donors (Lipinski definition) is 1. The lowest BCUT2D eigenvalue weighted by atomic mass is 9.93. The predicted molar refractivity (Wildman–Crippen MR) is 75.4 cm³/mol. The van der Waals surface area contributed by atoms with Gasteiger partial charge in [0.1, 0.15) is 0 Å². The van der Waals surface area contributed by atoms with Crippen LogP contribution in [0, 0.1) is 5.41 Å². The fraction of sp³-hybridized carbons (Fsp3) is 0.600. The van der Waals surface area contributed by atoms with Crippen LogP contribution in [0.5, 0.6) is 0 Å². The summed E-state index contributed by atoms with van der Waals surface area (Å²) in [6.07, 6.45) is 1.13. The van der Waals surface area contributed by atoms with Crippen molar-refractivity contribution < 1.29 is 0 Å². The maximum atomic E-state index is 3.26. The molecule has 1 rings (SSSR count). The molecular formula is C15H26N2. The summed E-state index contributed by atoms with van der Waals surface area (Å²) < 4.78 is 0. The third-order valence-corrected chi connectivity index (χ3v) is 2.98. The third kappa shape index (κ3) is 5.85. The molecule has 0 fully saturated rings. The fourth-order valence-electron chi connectivity index (χ4n) is 2.31. The second-order valence-electron chi connectivity index (χ2n) is 5.67. The van der Waals surface area contributed by atoms with Crippen LogP contribution in [0.15, 0.2) is 30.3 Å². The van der Waals surface area contributed by atoms with Crippen LogP contribution in [-0.4, -0.2) is 38.6 Å². The molecule has 0 aliphatic heterocycles. The van der Waals surface area contributed by atoms with Crippen molar-refractivity contribution in [2.75, 3.05) is 33.7 Å². The van der Waals surface area contributed by atoms with Crippen molar-refractivity contribution in [2.45, 2.75) is 20.3 Å². The molecule has 0 bridgehead atoms. The van der Waals surface area contributed by atoms with E-state index in [1.54, 1.807) is 0 Å². The molecule has 0 atom stereocenters. The van der Waals surface area contributed by atoms with E-state index in [4.69, 9.17) is 0 Å². The fourth-order valence-corrected chi connectivity index (χ4v) is 2.31. The van der Waals surface area contributed by atoms with Crippen LogP contribution in [-0.2, 0) is 6.42 Å². The number of rotatable bonds is 7. The van der Waals surface area contributed by atoms with E-state index in [1.807, 2.05) is 7.05 Å². The molecule has 0 aliphatic carbocycles. The zero-order chi connectivity index (χ0) is 12.7. The first-order chi connectivity index (χ1) is 8.03. The summed E-state index contributed by atoms with van der Waals surface area (Å²) in [6.45, 7) is 7.92. The molecule has 0 heterocycles. The van der Waals surface area contributed by atoms with Crippen molar-refractivity contribution in [1.29, 1.82) is 0 Å². The van der Waals surface area contributed by atoms with Crippen molar-refractivity contribution in [3.63, 3.8) is 0 Å². The smallest absolute Gasteiger partial charge is 0.00419 e. The minimum atomic E-state index is 0.334. The minimum Gasteiger partial charge on any atom is -0.319 e. The molecule has 0 amide bonds. The summed E-state index contributed by atoms with van der Waals surface area (Å²) >= 11 is 0. The van der Waals surface area contributed by atoms with Crippen LogP contribution in [0.25, 0.3) is 0 Å². The number of likely N-dealkylation sites (N-methyl/N-ethyl adjacent to an activating group) is 1. The zero-order valence-electron chi connectivity index (χ0n) is 11.7. The van der Waals surface area contributed by atoms with Crippen molar-refractivity contribution in [3.8, 4) is 0 Å². The topological polar surface area (TPSA) is 15.3 Å². The van der Waals surface area contributed by atoms with Gasteiger partial charge in [-0.1, -0.05) is 44.2 Å². The van der Waals surface area contributed by atoms with E-state index < -0.39 is 0 Å². The Bertz CT molecular complexity index is 306. The molecule has 1 N–H and O–H groups in total. The van der Waals surface area contributed by atoms with E-state index >= 15 is 0 Å². The molecule has 2 nitrogen and oxygen atoms in total. The summed E-state index contributed by atoms with van der Waals surface area (Å²) in [7, 11) is 4.23. The lowest BCUT2D eigenvalue weighted by Crippen LogP contribution is -2.38. The van der Waals surface area contributed by atoms with Gasteiger partial charge < -0.3 is 10.2 Å². The van der Waals surface area contributed by atoms with Crippen LogP contribution in [0.1, 0.15) is 19.4 Å². The van der Waals surface area contributed by atoms with Gasteiger partial charge in [-0.25, -0.2) is 0 Å². The van der Waals surface area contributed by atoms with Gasteiger partial charge in [-0.3, -0.25) is 0 Å². The molecule has 96 valence electrons. The van der Waals surface area contributed by atoms with Crippen molar-refractivity contribution in [1.82, 2.24) is 10.2 Å². The molecule has 1 aromatic carbocycles. The highest BCUT2D eigenvalue weighted by Gasteiger charge is 2.18. The molecule has 0 unspecified atom stereocenters. The SMILES string of the molecule is CNCC(C)(C)CN(C)CCc1ccccc1. The molecule has 0 saturated heterocycles. The summed E-state index contributed by atoms with van der Waals surface area (Å²) in [5.74, 6) is 0. The van der Waals surface area contributed by atoms with E-state index in [0.717, 1.165) is 26.1 Å². The number of hydrogen-bond acceptors (Lipinski definition) is 2. The Balaban J connectivity index is 2.33. The third-order valence-electron chi connectivity index (χ3n) is 2.98. The van der Waals surface area contributed by atoms with Gasteiger partial charge in [-0.2, -0.15) is 0 Å². The Morgan fingerprint density at radius 2 is 1.82 bits per heavy atom. The molecule has 17 heavy (non-hydrogen) atoms. The van der Waals surface area contributed by atoms with E-state index in [0.29, 0.717) is 5.41 Å². The minimum absolute atomic E-state index is 0.334. The molecule has 0 aliphatic rings. The van der Waals surface area contributed by atoms with Gasteiger partial charge >= 0.3 is 0 Å². The first kappa shape index (κ1) is 14.2. The predicted octanol–water partition coefficient (Wildman–Crippen LogP) is 2.41. The molecule has 0 spiro atoms. The maximum absolute atomic E-state index is 3.26. The van der Waals surface area contributed by atoms with Gasteiger partial charge in [0, 0.05) is 19.6 Å². The Labute approximate surface area is 106 Å². The first-order valence-electron chi connectivity index (χ1n) is 6.40. The van der Waals surface area contributed by atoms with Crippen LogP contribution in [0.4, 0.5) is 0 Å². The summed E-state index contributed by atoms with van der Waals surface area (Å²) in [4.78, 5) is 2.42. The van der Waals surface area contributed by atoms with Crippen molar-refractivity contribution in [2.24, 2.45) is 5.41 Å². The standard InChI is InChI=1S/C15H26N2/c1-15(2,12-16-3)13-17(4)11-10-14-8-6-5-7-9-14/h5-9,16H,10-13H2,1-4H3. The molecule has 1 aromatic rings. The maximum Gasteiger partial charge on any atom is 0.00419 e. The van der Waals surface area contributed by atoms with E-state index in [9.17, 15) is 0 Å². The van der Waals surface area contributed by atoms with Gasteiger partial charge in [0.2, 0.25) is 0 Å². The molecule has 0 saturated carbocycles. The van der Waals surface area contributed by atoms with E-state index in [-0.39, 0.29) is 0 Å². The normalized spacial score (nSPS) is 12.1. The number of nitrogens with one attached hydrogen (secondary N) is 1. The molecular weight excluding hydrogens is 208 g/mol. The second kappa shape index (κ2) is 6.77. The average Bonchev–Trinajstić information content (AvgIpc) is 2.27. The zero-order valence-corrected chi connectivity index (χ0v) is 11.7. The summed E-state index contributed by atoms with van der Waals surface area (Å²) in [5.41, 5.74) is 1.76. The number of nitrogens with zero attached hydrogens (tertiary/aromatic N) is 1. The molecule has 0 aromatic heterocycles. The van der Waals surface area contributed by atoms with Crippen LogP contribution in [0.2, 0.25) is 0 Å². The van der Waals surface area contributed by atoms with E-state index in [1.165, 1.54) is 5.56 Å². The lowest BCUT2D eigenvalue weighted by Gasteiger charge is -2.30. The quantitative estimate of drug-likeness (QED) is 0.779. The van der Waals surface area contributed by atoms with Gasteiger partial charge in [0.25, 0.3) is 0 Å². The summed E-state index contributed by atoms with van der Waals surface area (Å²) in [6, 6.07) is 10.7. The van der Waals surface area contributed by atoms with Crippen molar-refractivity contribution >= 4 is 0 Å². The molecule has 0 radical (unpaired) electrons. The highest BCUT2D eigenvalue weighted by Crippen LogP contribution is 2.15. The van der Waals surface area contributed by atoms with E-state index in [2.05, 4.69) is 61.4 Å². The molecule has 2 heteroatoms. The van der Waals surface area contributed by atoms with Gasteiger partial charge in [-0.05, 0) is 31.5 Å². The van der Waals surface area contributed by atoms with Crippen LogP contribution < -0.4 is 5.32 Å². The first-order valence-corrected chi connectivity index (χ1v) is 6.40. The van der Waals surface area contributed by atoms with Gasteiger partial charge in [-0.15, -0.1) is 0 Å². The highest BCUT2D eigenvalue weighted by molar-refractivity contribution is 5.14. The Morgan fingerprint density at radius 1 is 1.18 bits per heavy atom. The second-order valence-corrected chi connectivity index (χ2v) is 5.67. The monoisotopic (exact) mass is 234 g/mol. The van der Waals surface area contributed by atoms with Crippen LogP contribution in [0.3, 0.4) is 0 Å². The number of benzene rings is 1. The highest BCUT2D eigenvalue weighted by atomic mass is 15.1. The lowest BCUT2D eigenvalue weighted by molar-refractivity contribution is 0.209. The largest absolute Gasteiger partial charge is 0.319 e. The van der Waals surface area contributed by atoms with Gasteiger partial charge in [0.05, 0.1) is 0 Å².